The molecule has 96 valence electrons. The van der Waals surface area contributed by atoms with Gasteiger partial charge in [-0.3, -0.25) is 0 Å². The summed E-state index contributed by atoms with van der Waals surface area (Å²) in [4.78, 5) is 3.61. The molecule has 1 aromatic rings. The molecular weight excluding hydrogens is 257 g/mol. The zero-order valence-corrected chi connectivity index (χ0v) is 9.81. The molecule has 0 saturated heterocycles. The van der Waals surface area contributed by atoms with Crippen LogP contribution >= 0.6 is 11.6 Å². The Bertz CT molecular complexity index is 380. The highest BCUT2D eigenvalue weighted by Crippen LogP contribution is 2.32. The fraction of sp³-hybridized carbons (Fsp3) is 0.500. The molecule has 0 fully saturated rings. The molecule has 1 heterocycles. The number of nitrogens with zero attached hydrogens (tertiary/aromatic N) is 1. The van der Waals surface area contributed by atoms with Crippen LogP contribution in [0.5, 0.6) is 0 Å². The maximum Gasteiger partial charge on any atom is 0.417 e. The summed E-state index contributed by atoms with van der Waals surface area (Å²) in [5, 5.41) is 11.6. The van der Waals surface area contributed by atoms with Crippen LogP contribution in [0.1, 0.15) is 18.9 Å². The summed E-state index contributed by atoms with van der Waals surface area (Å²) < 4.78 is 37.0. The van der Waals surface area contributed by atoms with Crippen molar-refractivity contribution >= 4 is 17.4 Å². The van der Waals surface area contributed by atoms with E-state index in [0.29, 0.717) is 12.6 Å². The fourth-order valence-electron chi connectivity index (χ4n) is 1.17. The third-order valence-corrected chi connectivity index (χ3v) is 2.51. The molecule has 0 saturated carbocycles. The first-order valence-electron chi connectivity index (χ1n) is 4.98. The quantitative estimate of drug-likeness (QED) is 0.882. The van der Waals surface area contributed by atoms with Crippen molar-refractivity contribution in [2.75, 3.05) is 11.9 Å². The van der Waals surface area contributed by atoms with E-state index in [1.807, 2.05) is 6.92 Å². The highest BCUT2D eigenvalue weighted by atomic mass is 35.5. The van der Waals surface area contributed by atoms with E-state index in [4.69, 9.17) is 16.7 Å². The standard InChI is InChI=1S/C10H12ClF3N2O/c1-2-7(5-17)16-9-8(11)3-6(4-15-9)10(12,13)14/h3-4,7,17H,2,5H2,1H3,(H,15,16)/t7-/m1/s1. The van der Waals surface area contributed by atoms with E-state index >= 15 is 0 Å². The minimum Gasteiger partial charge on any atom is -0.394 e. The molecule has 0 bridgehead atoms. The predicted octanol–water partition coefficient (Wildman–Crippen LogP) is 2.94. The number of aliphatic hydroxyl groups is 1. The van der Waals surface area contributed by atoms with Crippen molar-refractivity contribution in [1.82, 2.24) is 4.98 Å². The van der Waals surface area contributed by atoms with Crippen molar-refractivity contribution < 1.29 is 18.3 Å². The number of alkyl halides is 3. The van der Waals surface area contributed by atoms with Gasteiger partial charge in [0.15, 0.2) is 0 Å². The van der Waals surface area contributed by atoms with E-state index in [1.165, 1.54) is 0 Å². The zero-order valence-electron chi connectivity index (χ0n) is 9.05. The molecule has 0 aliphatic heterocycles. The summed E-state index contributed by atoms with van der Waals surface area (Å²) in [6, 6.07) is 0.526. The lowest BCUT2D eigenvalue weighted by atomic mass is 10.2. The van der Waals surface area contributed by atoms with Crippen molar-refractivity contribution in [2.45, 2.75) is 25.6 Å². The number of hydrogen-bond donors (Lipinski definition) is 2. The Morgan fingerprint density at radius 2 is 2.18 bits per heavy atom. The molecule has 0 unspecified atom stereocenters. The van der Waals surface area contributed by atoms with Crippen LogP contribution in [0, 0.1) is 0 Å². The molecule has 17 heavy (non-hydrogen) atoms. The van der Waals surface area contributed by atoms with Crippen LogP contribution in [-0.2, 0) is 6.18 Å². The number of rotatable bonds is 4. The molecule has 7 heteroatoms. The van der Waals surface area contributed by atoms with Gasteiger partial charge in [-0.2, -0.15) is 13.2 Å². The monoisotopic (exact) mass is 268 g/mol. The molecule has 2 N–H and O–H groups in total. The summed E-state index contributed by atoms with van der Waals surface area (Å²) in [5.74, 6) is 0.139. The molecule has 0 aliphatic carbocycles. The van der Waals surface area contributed by atoms with Gasteiger partial charge in [0, 0.05) is 6.20 Å². The summed E-state index contributed by atoms with van der Waals surface area (Å²) in [7, 11) is 0. The van der Waals surface area contributed by atoms with Gasteiger partial charge in [0.25, 0.3) is 0 Å². The summed E-state index contributed by atoms with van der Waals surface area (Å²) >= 11 is 5.69. The van der Waals surface area contributed by atoms with Gasteiger partial charge in [0.05, 0.1) is 23.2 Å². The molecule has 0 spiro atoms. The first kappa shape index (κ1) is 14.1. The van der Waals surface area contributed by atoms with Gasteiger partial charge in [0.2, 0.25) is 0 Å². The lowest BCUT2D eigenvalue weighted by Crippen LogP contribution is -2.23. The van der Waals surface area contributed by atoms with Gasteiger partial charge < -0.3 is 10.4 Å². The summed E-state index contributed by atoms with van der Waals surface area (Å²) in [5.41, 5.74) is -0.898. The average molecular weight is 269 g/mol. The molecule has 0 aliphatic rings. The zero-order chi connectivity index (χ0) is 13.1. The number of nitrogens with one attached hydrogen (secondary N) is 1. The Morgan fingerprint density at radius 1 is 1.53 bits per heavy atom. The Balaban J connectivity index is 2.90. The van der Waals surface area contributed by atoms with Crippen LogP contribution in [0.4, 0.5) is 19.0 Å². The average Bonchev–Trinajstić information content (AvgIpc) is 2.26. The Labute approximate surface area is 102 Å². The summed E-state index contributed by atoms with van der Waals surface area (Å²) in [6.45, 7) is 1.68. The van der Waals surface area contributed by atoms with Crippen LogP contribution in [-0.4, -0.2) is 22.7 Å². The third kappa shape index (κ3) is 3.74. The largest absolute Gasteiger partial charge is 0.417 e. The predicted molar refractivity (Wildman–Crippen MR) is 59.0 cm³/mol. The smallest absolute Gasteiger partial charge is 0.394 e. The number of pyridine rings is 1. The van der Waals surface area contributed by atoms with Gasteiger partial charge in [-0.25, -0.2) is 4.98 Å². The maximum absolute atomic E-state index is 12.3. The Kier molecular flexibility index (Phi) is 4.59. The lowest BCUT2D eigenvalue weighted by Gasteiger charge is -2.16. The number of hydrogen-bond acceptors (Lipinski definition) is 3. The van der Waals surface area contributed by atoms with Crippen LogP contribution in [0.3, 0.4) is 0 Å². The molecule has 1 rings (SSSR count). The molecular formula is C10H12ClF3N2O. The highest BCUT2D eigenvalue weighted by molar-refractivity contribution is 6.32. The maximum atomic E-state index is 12.3. The second-order valence-electron chi connectivity index (χ2n) is 3.48. The Hall–Kier alpha value is -1.01. The van der Waals surface area contributed by atoms with Gasteiger partial charge >= 0.3 is 6.18 Å². The van der Waals surface area contributed by atoms with Crippen molar-refractivity contribution in [3.63, 3.8) is 0 Å². The molecule has 1 atom stereocenters. The minimum atomic E-state index is -4.46. The number of aliphatic hydroxyl groups excluding tert-OH is 1. The lowest BCUT2D eigenvalue weighted by molar-refractivity contribution is -0.137. The SMILES string of the molecule is CC[C@H](CO)Nc1ncc(C(F)(F)F)cc1Cl. The second kappa shape index (κ2) is 5.55. The van der Waals surface area contributed by atoms with Crippen molar-refractivity contribution in [1.29, 1.82) is 0 Å². The van der Waals surface area contributed by atoms with Gasteiger partial charge in [0.1, 0.15) is 5.82 Å². The molecule has 0 aromatic carbocycles. The van der Waals surface area contributed by atoms with Gasteiger partial charge in [-0.1, -0.05) is 18.5 Å². The second-order valence-corrected chi connectivity index (χ2v) is 3.89. The van der Waals surface area contributed by atoms with E-state index < -0.39 is 11.7 Å². The Morgan fingerprint density at radius 3 is 2.59 bits per heavy atom. The topological polar surface area (TPSA) is 45.1 Å². The van der Waals surface area contributed by atoms with Crippen molar-refractivity contribution in [2.24, 2.45) is 0 Å². The highest BCUT2D eigenvalue weighted by Gasteiger charge is 2.31. The van der Waals surface area contributed by atoms with E-state index in [2.05, 4.69) is 10.3 Å². The van der Waals surface area contributed by atoms with Crippen LogP contribution in [0.15, 0.2) is 12.3 Å². The molecule has 0 radical (unpaired) electrons. The van der Waals surface area contributed by atoms with E-state index in [9.17, 15) is 13.2 Å². The molecule has 0 amide bonds. The fourth-order valence-corrected chi connectivity index (χ4v) is 1.39. The van der Waals surface area contributed by atoms with Gasteiger partial charge in [-0.05, 0) is 12.5 Å². The molecule has 1 aromatic heterocycles. The van der Waals surface area contributed by atoms with Crippen LogP contribution in [0.25, 0.3) is 0 Å². The first-order valence-corrected chi connectivity index (χ1v) is 5.36. The van der Waals surface area contributed by atoms with Crippen molar-refractivity contribution in [3.8, 4) is 0 Å². The first-order chi connectivity index (χ1) is 7.88. The number of anilines is 1. The van der Waals surface area contributed by atoms with Gasteiger partial charge in [-0.15, -0.1) is 0 Å². The summed E-state index contributed by atoms with van der Waals surface area (Å²) in [6.07, 6.45) is -3.15. The van der Waals surface area contributed by atoms with E-state index in [-0.39, 0.29) is 23.5 Å². The number of aromatic nitrogens is 1. The van der Waals surface area contributed by atoms with Crippen LogP contribution in [0.2, 0.25) is 5.02 Å². The van der Waals surface area contributed by atoms with Crippen molar-refractivity contribution in [3.05, 3.63) is 22.8 Å². The van der Waals surface area contributed by atoms with Crippen LogP contribution < -0.4 is 5.32 Å². The van der Waals surface area contributed by atoms with E-state index in [0.717, 1.165) is 6.07 Å². The third-order valence-electron chi connectivity index (χ3n) is 2.22. The van der Waals surface area contributed by atoms with E-state index in [1.54, 1.807) is 0 Å². The minimum absolute atomic E-state index is 0.119. The normalized spacial score (nSPS) is 13.5. The number of halogens is 4. The molecule has 3 nitrogen and oxygen atoms in total.